The second-order valence-electron chi connectivity index (χ2n) is 6.85. The number of carbonyl (C=O) groups is 3. The molecule has 1 atom stereocenters. The predicted octanol–water partition coefficient (Wildman–Crippen LogP) is 0.345. The summed E-state index contributed by atoms with van der Waals surface area (Å²) in [6.45, 7) is 4.59. The first-order chi connectivity index (χ1) is 13.9. The van der Waals surface area contributed by atoms with Gasteiger partial charge in [0, 0.05) is 19.2 Å². The highest BCUT2D eigenvalue weighted by atomic mass is 16.2. The summed E-state index contributed by atoms with van der Waals surface area (Å²) >= 11 is 0. The molecular formula is C18H20N8O3. The summed E-state index contributed by atoms with van der Waals surface area (Å²) in [5, 5.41) is 15.3. The van der Waals surface area contributed by atoms with Gasteiger partial charge in [0.1, 0.15) is 12.6 Å². The lowest BCUT2D eigenvalue weighted by Gasteiger charge is -2.07. The van der Waals surface area contributed by atoms with Crippen molar-refractivity contribution in [3.8, 4) is 0 Å². The Bertz CT molecular complexity index is 1120. The first-order valence-corrected chi connectivity index (χ1v) is 9.20. The quantitative estimate of drug-likeness (QED) is 0.514. The van der Waals surface area contributed by atoms with E-state index in [1.165, 1.54) is 4.68 Å². The van der Waals surface area contributed by atoms with E-state index in [9.17, 15) is 14.4 Å². The molecule has 4 rings (SSSR count). The lowest BCUT2D eigenvalue weighted by atomic mass is 10.2. The number of aromatic nitrogens is 5. The smallest absolute Gasteiger partial charge is 0.322 e. The summed E-state index contributed by atoms with van der Waals surface area (Å²) < 4.78 is 3.31. The number of carbonyl (C=O) groups excluding carboxylic acids is 3. The van der Waals surface area contributed by atoms with Gasteiger partial charge in [-0.1, -0.05) is 11.3 Å². The van der Waals surface area contributed by atoms with Crippen LogP contribution in [0.1, 0.15) is 18.2 Å². The third-order valence-corrected chi connectivity index (χ3v) is 4.63. The summed E-state index contributed by atoms with van der Waals surface area (Å²) in [6.07, 6.45) is 1.77. The standard InChI is InChI=1S/C18H20N8O3/c1-3-26-14-5-4-10(2)6-12(14)19-17(26)21-15(27)9-25-8-11(23-24-25)7-13-16(28)22-18(29)20-13/h4-6,8,13H,3,7,9H2,1-2H3,(H,19,21,27)(H2,20,22,28,29)/t13-/m1/s1. The second-order valence-corrected chi connectivity index (χ2v) is 6.85. The molecule has 0 aliphatic carbocycles. The second kappa shape index (κ2) is 7.34. The number of nitrogens with one attached hydrogen (secondary N) is 3. The molecule has 150 valence electrons. The highest BCUT2D eigenvalue weighted by Crippen LogP contribution is 2.21. The molecule has 1 saturated heterocycles. The van der Waals surface area contributed by atoms with E-state index in [2.05, 4.69) is 31.2 Å². The van der Waals surface area contributed by atoms with Crippen LogP contribution in [0.2, 0.25) is 0 Å². The van der Waals surface area contributed by atoms with Crippen molar-refractivity contribution in [1.82, 2.24) is 35.2 Å². The maximum absolute atomic E-state index is 12.5. The van der Waals surface area contributed by atoms with Crippen molar-refractivity contribution in [2.24, 2.45) is 0 Å². The Balaban J connectivity index is 1.43. The Morgan fingerprint density at radius 2 is 2.14 bits per heavy atom. The molecule has 3 heterocycles. The number of aryl methyl sites for hydroxylation is 2. The van der Waals surface area contributed by atoms with Gasteiger partial charge in [-0.25, -0.2) is 14.5 Å². The highest BCUT2D eigenvalue weighted by molar-refractivity contribution is 6.04. The van der Waals surface area contributed by atoms with Crippen molar-refractivity contribution in [1.29, 1.82) is 0 Å². The molecule has 2 aromatic heterocycles. The molecule has 3 N–H and O–H groups in total. The van der Waals surface area contributed by atoms with E-state index in [1.54, 1.807) is 6.20 Å². The number of amides is 4. The van der Waals surface area contributed by atoms with Crippen molar-refractivity contribution in [2.75, 3.05) is 5.32 Å². The van der Waals surface area contributed by atoms with Crippen LogP contribution in [0.3, 0.4) is 0 Å². The van der Waals surface area contributed by atoms with E-state index in [0.717, 1.165) is 16.6 Å². The molecule has 0 bridgehead atoms. The minimum Gasteiger partial charge on any atom is -0.326 e. The molecule has 1 fully saturated rings. The first kappa shape index (κ1) is 18.6. The number of urea groups is 1. The van der Waals surface area contributed by atoms with Crippen LogP contribution >= 0.6 is 0 Å². The SMILES string of the molecule is CCn1c(NC(=O)Cn2cc(C[C@H]3NC(=O)NC3=O)nn2)nc2cc(C)ccc21. The van der Waals surface area contributed by atoms with Crippen LogP contribution in [0.4, 0.5) is 10.7 Å². The molecule has 3 aromatic rings. The first-order valence-electron chi connectivity index (χ1n) is 9.20. The molecule has 1 aromatic carbocycles. The maximum atomic E-state index is 12.5. The maximum Gasteiger partial charge on any atom is 0.322 e. The molecule has 1 aliphatic rings. The van der Waals surface area contributed by atoms with Crippen LogP contribution in [-0.4, -0.2) is 48.4 Å². The van der Waals surface area contributed by atoms with E-state index >= 15 is 0 Å². The van der Waals surface area contributed by atoms with Gasteiger partial charge in [-0.05, 0) is 31.5 Å². The Labute approximate surface area is 165 Å². The van der Waals surface area contributed by atoms with Gasteiger partial charge in [-0.3, -0.25) is 20.2 Å². The normalized spacial score (nSPS) is 16.1. The number of hydrogen-bond donors (Lipinski definition) is 3. The molecular weight excluding hydrogens is 376 g/mol. The molecule has 0 radical (unpaired) electrons. The number of anilines is 1. The summed E-state index contributed by atoms with van der Waals surface area (Å²) in [4.78, 5) is 39.8. The lowest BCUT2D eigenvalue weighted by molar-refractivity contribution is -0.120. The molecule has 29 heavy (non-hydrogen) atoms. The summed E-state index contributed by atoms with van der Waals surface area (Å²) in [7, 11) is 0. The Hall–Kier alpha value is -3.76. The zero-order chi connectivity index (χ0) is 20.5. The number of rotatable bonds is 6. The van der Waals surface area contributed by atoms with Gasteiger partial charge < -0.3 is 9.88 Å². The van der Waals surface area contributed by atoms with Crippen molar-refractivity contribution in [3.05, 3.63) is 35.7 Å². The van der Waals surface area contributed by atoms with E-state index in [-0.39, 0.29) is 18.9 Å². The molecule has 1 aliphatic heterocycles. The van der Waals surface area contributed by atoms with Crippen LogP contribution in [0.25, 0.3) is 11.0 Å². The number of benzene rings is 1. The largest absolute Gasteiger partial charge is 0.326 e. The van der Waals surface area contributed by atoms with E-state index in [1.807, 2.05) is 36.6 Å². The molecule has 0 spiro atoms. The van der Waals surface area contributed by atoms with Crippen molar-refractivity contribution in [2.45, 2.75) is 39.4 Å². The number of hydrogen-bond acceptors (Lipinski definition) is 6. The van der Waals surface area contributed by atoms with Crippen LogP contribution in [0.15, 0.2) is 24.4 Å². The number of fused-ring (bicyclic) bond motifs is 1. The summed E-state index contributed by atoms with van der Waals surface area (Å²) in [5.74, 6) is -0.227. The third-order valence-electron chi connectivity index (χ3n) is 4.63. The minimum atomic E-state index is -0.686. The molecule has 0 unspecified atom stereocenters. The van der Waals surface area contributed by atoms with E-state index < -0.39 is 18.0 Å². The van der Waals surface area contributed by atoms with Crippen LogP contribution in [0, 0.1) is 6.92 Å². The molecule has 11 heteroatoms. The molecule has 11 nitrogen and oxygen atoms in total. The molecule has 0 saturated carbocycles. The Kier molecular flexibility index (Phi) is 4.71. The highest BCUT2D eigenvalue weighted by Gasteiger charge is 2.30. The summed E-state index contributed by atoms with van der Waals surface area (Å²) in [5.41, 5.74) is 3.37. The minimum absolute atomic E-state index is 0.0534. The van der Waals surface area contributed by atoms with Gasteiger partial charge in [-0.15, -0.1) is 5.10 Å². The average molecular weight is 396 g/mol. The topological polar surface area (TPSA) is 136 Å². The zero-order valence-electron chi connectivity index (χ0n) is 16.0. The average Bonchev–Trinajstić information content (AvgIpc) is 3.32. The zero-order valence-corrected chi connectivity index (χ0v) is 16.0. The van der Waals surface area contributed by atoms with Gasteiger partial charge in [0.2, 0.25) is 11.9 Å². The van der Waals surface area contributed by atoms with Crippen molar-refractivity contribution >= 4 is 34.8 Å². The lowest BCUT2D eigenvalue weighted by Crippen LogP contribution is -2.31. The van der Waals surface area contributed by atoms with Crippen molar-refractivity contribution in [3.63, 3.8) is 0 Å². The third kappa shape index (κ3) is 3.79. The van der Waals surface area contributed by atoms with Gasteiger partial charge in [0.25, 0.3) is 5.91 Å². The monoisotopic (exact) mass is 396 g/mol. The Morgan fingerprint density at radius 1 is 1.31 bits per heavy atom. The fourth-order valence-corrected chi connectivity index (χ4v) is 3.29. The van der Waals surface area contributed by atoms with E-state index in [0.29, 0.717) is 18.2 Å². The van der Waals surface area contributed by atoms with Crippen LogP contribution in [0.5, 0.6) is 0 Å². The number of nitrogens with zero attached hydrogens (tertiary/aromatic N) is 5. The van der Waals surface area contributed by atoms with Gasteiger partial charge >= 0.3 is 6.03 Å². The van der Waals surface area contributed by atoms with Gasteiger partial charge in [0.15, 0.2) is 0 Å². The fourth-order valence-electron chi connectivity index (χ4n) is 3.29. The predicted molar refractivity (Wildman–Crippen MR) is 103 cm³/mol. The van der Waals surface area contributed by atoms with Crippen molar-refractivity contribution < 1.29 is 14.4 Å². The Morgan fingerprint density at radius 3 is 2.86 bits per heavy atom. The fraction of sp³-hybridized carbons (Fsp3) is 0.333. The van der Waals surface area contributed by atoms with E-state index in [4.69, 9.17) is 0 Å². The van der Waals surface area contributed by atoms with Crippen LogP contribution < -0.4 is 16.0 Å². The van der Waals surface area contributed by atoms with Gasteiger partial charge in [-0.2, -0.15) is 0 Å². The van der Waals surface area contributed by atoms with Gasteiger partial charge in [0.05, 0.1) is 16.7 Å². The summed E-state index contributed by atoms with van der Waals surface area (Å²) in [6, 6.07) is 4.75. The van der Waals surface area contributed by atoms with Crippen LogP contribution in [-0.2, 0) is 29.1 Å². The molecule has 4 amide bonds. The number of imidazole rings is 1. The number of imide groups is 1.